The number of hydrogen-bond acceptors (Lipinski definition) is 3. The molecule has 7 heteroatoms. The van der Waals surface area contributed by atoms with Crippen molar-refractivity contribution < 1.29 is 13.2 Å². The molecule has 0 fully saturated rings. The lowest BCUT2D eigenvalue weighted by molar-refractivity contribution is -0.122. The Balaban J connectivity index is 1.79. The minimum absolute atomic E-state index is 0.221. The minimum atomic E-state index is -3.67. The van der Waals surface area contributed by atoms with Crippen LogP contribution in [0.3, 0.4) is 0 Å². The fourth-order valence-corrected chi connectivity index (χ4v) is 5.05. The number of sulfonamides is 1. The van der Waals surface area contributed by atoms with Crippen LogP contribution in [0.5, 0.6) is 0 Å². The number of amides is 1. The van der Waals surface area contributed by atoms with Crippen LogP contribution in [0.1, 0.15) is 43.0 Å². The maximum absolute atomic E-state index is 12.9. The van der Waals surface area contributed by atoms with Gasteiger partial charge in [0.15, 0.2) is 0 Å². The van der Waals surface area contributed by atoms with Crippen molar-refractivity contribution in [2.75, 3.05) is 10.6 Å². The predicted octanol–water partition coefficient (Wildman–Crippen LogP) is 3.86. The first kappa shape index (κ1) is 20.7. The number of anilines is 1. The number of halogens is 1. The smallest absolute Gasteiger partial charge is 0.244 e. The molecule has 2 aromatic rings. The number of benzene rings is 2. The third kappa shape index (κ3) is 4.50. The van der Waals surface area contributed by atoms with E-state index in [4.69, 9.17) is 11.6 Å². The number of carbonyl (C=O) groups excluding carboxylic acids is 1. The van der Waals surface area contributed by atoms with Gasteiger partial charge < -0.3 is 5.32 Å². The van der Waals surface area contributed by atoms with Crippen LogP contribution >= 0.6 is 11.6 Å². The second kappa shape index (κ2) is 8.13. The number of hydrogen-bond donors (Lipinski definition) is 1. The molecule has 0 radical (unpaired) electrons. The van der Waals surface area contributed by atoms with Crippen molar-refractivity contribution >= 4 is 33.2 Å². The molecule has 1 N–H and O–H groups in total. The fraction of sp³-hybridized carbons (Fsp3) is 0.381. The molecule has 0 spiro atoms. The molecule has 150 valence electrons. The van der Waals surface area contributed by atoms with Crippen LogP contribution in [-0.2, 0) is 27.7 Å². The second-order valence-electron chi connectivity index (χ2n) is 7.33. The fourth-order valence-electron chi connectivity index (χ4n) is 3.70. The van der Waals surface area contributed by atoms with Gasteiger partial charge in [0, 0.05) is 5.02 Å². The first-order chi connectivity index (χ1) is 13.2. The Hall–Kier alpha value is -2.05. The summed E-state index contributed by atoms with van der Waals surface area (Å²) in [6.45, 7) is 3.48. The summed E-state index contributed by atoms with van der Waals surface area (Å²) < 4.78 is 25.9. The van der Waals surface area contributed by atoms with Gasteiger partial charge in [-0.1, -0.05) is 35.9 Å². The molecule has 28 heavy (non-hydrogen) atoms. The van der Waals surface area contributed by atoms with Crippen LogP contribution in [0.4, 0.5) is 5.69 Å². The van der Waals surface area contributed by atoms with E-state index in [-0.39, 0.29) is 11.9 Å². The summed E-state index contributed by atoms with van der Waals surface area (Å²) >= 11 is 6.01. The van der Waals surface area contributed by atoms with E-state index in [1.165, 1.54) is 23.6 Å². The van der Waals surface area contributed by atoms with Gasteiger partial charge in [-0.2, -0.15) is 0 Å². The van der Waals surface area contributed by atoms with Gasteiger partial charge in [-0.15, -0.1) is 0 Å². The molecular formula is C21H25ClN2O3S. The molecule has 0 bridgehead atoms. The summed E-state index contributed by atoms with van der Waals surface area (Å²) in [6, 6.07) is 11.6. The molecule has 0 aromatic heterocycles. The van der Waals surface area contributed by atoms with E-state index >= 15 is 0 Å². The maximum atomic E-state index is 12.9. The van der Waals surface area contributed by atoms with Crippen molar-refractivity contribution in [3.8, 4) is 0 Å². The molecule has 0 heterocycles. The number of carbonyl (C=O) groups is 1. The molecule has 0 saturated heterocycles. The van der Waals surface area contributed by atoms with E-state index in [1.807, 2.05) is 13.0 Å². The minimum Gasteiger partial charge on any atom is -0.348 e. The van der Waals surface area contributed by atoms with Crippen molar-refractivity contribution in [2.24, 2.45) is 0 Å². The van der Waals surface area contributed by atoms with Gasteiger partial charge >= 0.3 is 0 Å². The van der Waals surface area contributed by atoms with Crippen molar-refractivity contribution in [3.05, 3.63) is 64.2 Å². The number of nitrogens with one attached hydrogen (secondary N) is 1. The van der Waals surface area contributed by atoms with Crippen LogP contribution in [0.25, 0.3) is 0 Å². The third-order valence-electron chi connectivity index (χ3n) is 5.13. The summed E-state index contributed by atoms with van der Waals surface area (Å²) in [5, 5.41) is 3.35. The third-order valence-corrected chi connectivity index (χ3v) is 6.61. The Kier molecular flexibility index (Phi) is 6.01. The van der Waals surface area contributed by atoms with E-state index in [2.05, 4.69) is 17.4 Å². The van der Waals surface area contributed by atoms with Gasteiger partial charge in [0.05, 0.1) is 18.0 Å². The summed E-state index contributed by atoms with van der Waals surface area (Å²) in [5.41, 5.74) is 4.10. The molecule has 1 aliphatic carbocycles. The Bertz CT molecular complexity index is 991. The molecule has 3 rings (SSSR count). The zero-order valence-corrected chi connectivity index (χ0v) is 17.8. The Labute approximate surface area is 171 Å². The van der Waals surface area contributed by atoms with Crippen LogP contribution in [0.15, 0.2) is 42.5 Å². The van der Waals surface area contributed by atoms with Gasteiger partial charge in [-0.3, -0.25) is 9.10 Å². The summed E-state index contributed by atoms with van der Waals surface area (Å²) in [4.78, 5) is 12.9. The zero-order chi connectivity index (χ0) is 20.5. The first-order valence-electron chi connectivity index (χ1n) is 9.34. The van der Waals surface area contributed by atoms with E-state index in [0.717, 1.165) is 29.0 Å². The monoisotopic (exact) mass is 420 g/mol. The average molecular weight is 421 g/mol. The van der Waals surface area contributed by atoms with Crippen LogP contribution < -0.4 is 9.62 Å². The highest BCUT2D eigenvalue weighted by Gasteiger charge is 2.30. The van der Waals surface area contributed by atoms with Crippen molar-refractivity contribution in [1.82, 2.24) is 5.32 Å². The number of rotatable bonds is 6. The van der Waals surface area contributed by atoms with E-state index < -0.39 is 16.1 Å². The van der Waals surface area contributed by atoms with Crippen molar-refractivity contribution in [3.63, 3.8) is 0 Å². The number of nitrogens with zero attached hydrogens (tertiary/aromatic N) is 1. The van der Waals surface area contributed by atoms with Gasteiger partial charge in [-0.25, -0.2) is 8.42 Å². The molecule has 0 aliphatic heterocycles. The molecular weight excluding hydrogens is 396 g/mol. The molecule has 0 unspecified atom stereocenters. The normalized spacial score (nSPS) is 15.6. The average Bonchev–Trinajstić information content (AvgIpc) is 3.08. The second-order valence-corrected chi connectivity index (χ2v) is 9.62. The van der Waals surface area contributed by atoms with Gasteiger partial charge in [0.2, 0.25) is 15.9 Å². The van der Waals surface area contributed by atoms with Crippen LogP contribution in [0.2, 0.25) is 5.02 Å². The summed E-state index contributed by atoms with van der Waals surface area (Å²) in [5.74, 6) is -0.363. The molecule has 2 aromatic carbocycles. The van der Waals surface area contributed by atoms with Gasteiger partial charge in [0.25, 0.3) is 0 Å². The lowest BCUT2D eigenvalue weighted by Crippen LogP contribution is -2.48. The van der Waals surface area contributed by atoms with Crippen molar-refractivity contribution in [1.29, 1.82) is 0 Å². The maximum Gasteiger partial charge on any atom is 0.244 e. The molecule has 1 amide bonds. The zero-order valence-electron chi connectivity index (χ0n) is 16.3. The Morgan fingerprint density at radius 1 is 1.11 bits per heavy atom. The SMILES string of the molecule is C[C@H](NC(=O)[C@H](C)N(c1cccc(Cl)c1)S(C)(=O)=O)c1ccc2c(c1)CCC2. The largest absolute Gasteiger partial charge is 0.348 e. The molecule has 5 nitrogen and oxygen atoms in total. The topological polar surface area (TPSA) is 66.5 Å². The number of aryl methyl sites for hydroxylation is 2. The van der Waals surface area contributed by atoms with Gasteiger partial charge in [-0.05, 0) is 68.0 Å². The van der Waals surface area contributed by atoms with E-state index in [1.54, 1.807) is 25.1 Å². The Morgan fingerprint density at radius 2 is 1.82 bits per heavy atom. The molecule has 0 saturated carbocycles. The summed E-state index contributed by atoms with van der Waals surface area (Å²) in [6.07, 6.45) is 4.42. The highest BCUT2D eigenvalue weighted by molar-refractivity contribution is 7.92. The predicted molar refractivity (Wildman–Crippen MR) is 113 cm³/mol. The van der Waals surface area contributed by atoms with E-state index in [0.29, 0.717) is 10.7 Å². The molecule has 2 atom stereocenters. The lowest BCUT2D eigenvalue weighted by atomic mass is 10.0. The van der Waals surface area contributed by atoms with Crippen LogP contribution in [-0.4, -0.2) is 26.6 Å². The highest BCUT2D eigenvalue weighted by Crippen LogP contribution is 2.27. The van der Waals surface area contributed by atoms with Gasteiger partial charge in [0.1, 0.15) is 6.04 Å². The lowest BCUT2D eigenvalue weighted by Gasteiger charge is -2.29. The molecule has 1 aliphatic rings. The van der Waals surface area contributed by atoms with E-state index in [9.17, 15) is 13.2 Å². The standard InChI is InChI=1S/C21H25ClN2O3S/c1-14(17-11-10-16-6-4-7-18(16)12-17)23-21(25)15(2)24(28(3,26)27)20-9-5-8-19(22)13-20/h5,8-15H,4,6-7H2,1-3H3,(H,23,25)/t14-,15-/m0/s1. The summed E-state index contributed by atoms with van der Waals surface area (Å²) in [7, 11) is -3.67. The number of fused-ring (bicyclic) bond motifs is 1. The first-order valence-corrected chi connectivity index (χ1v) is 11.6. The quantitative estimate of drug-likeness (QED) is 0.771. The van der Waals surface area contributed by atoms with Crippen LogP contribution in [0, 0.1) is 0 Å². The van der Waals surface area contributed by atoms with Crippen molar-refractivity contribution in [2.45, 2.75) is 45.2 Å². The Morgan fingerprint density at radius 3 is 2.50 bits per heavy atom. The highest BCUT2D eigenvalue weighted by atomic mass is 35.5.